The Labute approximate surface area is 249 Å². The molecule has 0 aliphatic carbocycles. The second-order valence-electron chi connectivity index (χ2n) is 10.4. The Bertz CT molecular complexity index is 1650. The third-order valence-electron chi connectivity index (χ3n) is 7.37. The van der Waals surface area contributed by atoms with E-state index in [2.05, 4.69) is 32.0 Å². The minimum absolute atomic E-state index is 0.124. The lowest BCUT2D eigenvalue weighted by atomic mass is 10.0. The molecule has 4 aromatic rings. The van der Waals surface area contributed by atoms with Crippen LogP contribution in [0.3, 0.4) is 0 Å². The maximum Gasteiger partial charge on any atom is 0.248 e. The summed E-state index contributed by atoms with van der Waals surface area (Å²) in [7, 11) is 0. The summed E-state index contributed by atoms with van der Waals surface area (Å²) in [5.41, 5.74) is 4.67. The first kappa shape index (κ1) is 28.2. The summed E-state index contributed by atoms with van der Waals surface area (Å²) < 4.78 is 17.6. The fourth-order valence-corrected chi connectivity index (χ4v) is 5.12. The topological polar surface area (TPSA) is 130 Å². The smallest absolute Gasteiger partial charge is 0.248 e. The van der Waals surface area contributed by atoms with E-state index in [0.29, 0.717) is 65.0 Å². The number of ether oxygens (including phenoxy) is 3. The molecule has 0 saturated carbocycles. The number of nitriles is 1. The summed E-state index contributed by atoms with van der Waals surface area (Å²) in [5, 5.41) is 20.3. The highest BCUT2D eigenvalue weighted by atomic mass is 16.5. The van der Waals surface area contributed by atoms with Crippen molar-refractivity contribution in [3.63, 3.8) is 0 Å². The number of amides is 1. The second kappa shape index (κ2) is 13.3. The molecule has 43 heavy (non-hydrogen) atoms. The van der Waals surface area contributed by atoms with Crippen LogP contribution in [0.25, 0.3) is 10.9 Å². The summed E-state index contributed by atoms with van der Waals surface area (Å²) in [6, 6.07) is 19.4. The van der Waals surface area contributed by atoms with Gasteiger partial charge in [-0.3, -0.25) is 9.78 Å². The van der Waals surface area contributed by atoms with Gasteiger partial charge in [-0.15, -0.1) is 0 Å². The molecule has 1 atom stereocenters. The Hall–Kier alpha value is -4.98. The summed E-state index contributed by atoms with van der Waals surface area (Å²) in [5.74, 6) is 0.748. The molecule has 0 bridgehead atoms. The molecule has 6 rings (SSSR count). The van der Waals surface area contributed by atoms with Crippen LogP contribution >= 0.6 is 0 Å². The number of benzene rings is 2. The van der Waals surface area contributed by atoms with Gasteiger partial charge in [-0.1, -0.05) is 35.9 Å². The molecule has 4 heterocycles. The third-order valence-corrected chi connectivity index (χ3v) is 7.37. The number of aromatic nitrogens is 2. The highest BCUT2D eigenvalue weighted by Crippen LogP contribution is 2.39. The molecule has 2 saturated heterocycles. The van der Waals surface area contributed by atoms with E-state index in [9.17, 15) is 10.1 Å². The number of carbonyl (C=O) groups excluding carboxylic acids is 1. The fourth-order valence-electron chi connectivity index (χ4n) is 5.12. The van der Waals surface area contributed by atoms with E-state index in [4.69, 9.17) is 14.2 Å². The standard InChI is InChI=1S/C33H32N6O4/c34-17-24-18-37-32-27(31(24)38-25-6-9-30(36-19-25)42-20-23-4-2-1-3-5-23)7-8-28(43-26-12-15-41-21-26)33(32)39-29(40)16-22-10-13-35-14-11-22/h1-9,16,18-19,26,35H,10-15,20-21H2,(H,37,38)(H,39,40). The van der Waals surface area contributed by atoms with E-state index >= 15 is 0 Å². The molecule has 0 spiro atoms. The maximum atomic E-state index is 13.2. The zero-order valence-electron chi connectivity index (χ0n) is 23.6. The molecule has 2 aliphatic heterocycles. The Balaban J connectivity index is 1.30. The number of fused-ring (bicyclic) bond motifs is 1. The van der Waals surface area contributed by atoms with Crippen LogP contribution in [0.2, 0.25) is 0 Å². The van der Waals surface area contributed by atoms with Crippen molar-refractivity contribution in [2.75, 3.05) is 36.9 Å². The summed E-state index contributed by atoms with van der Waals surface area (Å²) in [6.45, 7) is 3.22. The maximum absolute atomic E-state index is 13.2. The molecular weight excluding hydrogens is 544 g/mol. The fraction of sp³-hybridized carbons (Fsp3) is 0.273. The first-order valence-corrected chi connectivity index (χ1v) is 14.4. The van der Waals surface area contributed by atoms with Crippen molar-refractivity contribution >= 4 is 33.9 Å². The number of hydrogen-bond donors (Lipinski definition) is 3. The summed E-state index contributed by atoms with van der Waals surface area (Å²) in [6.07, 6.45) is 7.10. The van der Waals surface area contributed by atoms with Crippen LogP contribution in [0.4, 0.5) is 17.1 Å². The van der Waals surface area contributed by atoms with Crippen LogP contribution < -0.4 is 25.4 Å². The number of anilines is 3. The summed E-state index contributed by atoms with van der Waals surface area (Å²) in [4.78, 5) is 22.2. The van der Waals surface area contributed by atoms with Crippen molar-refractivity contribution in [1.29, 1.82) is 5.26 Å². The average molecular weight is 577 g/mol. The van der Waals surface area contributed by atoms with Gasteiger partial charge in [0.25, 0.3) is 0 Å². The van der Waals surface area contributed by atoms with Crippen LogP contribution in [0, 0.1) is 11.3 Å². The molecule has 218 valence electrons. The van der Waals surface area contributed by atoms with Crippen LogP contribution in [0.1, 0.15) is 30.4 Å². The van der Waals surface area contributed by atoms with Gasteiger partial charge in [-0.25, -0.2) is 4.98 Å². The highest BCUT2D eigenvalue weighted by molar-refractivity contribution is 6.10. The largest absolute Gasteiger partial charge is 0.486 e. The normalized spacial score (nSPS) is 16.3. The van der Waals surface area contributed by atoms with Gasteiger partial charge in [0.2, 0.25) is 11.8 Å². The molecule has 10 heteroatoms. The van der Waals surface area contributed by atoms with Gasteiger partial charge in [-0.2, -0.15) is 5.26 Å². The second-order valence-corrected chi connectivity index (χ2v) is 10.4. The number of piperidine rings is 1. The quantitative estimate of drug-likeness (QED) is 0.229. The van der Waals surface area contributed by atoms with E-state index in [0.717, 1.165) is 43.5 Å². The van der Waals surface area contributed by atoms with Crippen molar-refractivity contribution in [2.24, 2.45) is 0 Å². The molecular formula is C33H32N6O4. The number of hydrogen-bond acceptors (Lipinski definition) is 9. The Morgan fingerprint density at radius 3 is 2.67 bits per heavy atom. The summed E-state index contributed by atoms with van der Waals surface area (Å²) >= 11 is 0. The van der Waals surface area contributed by atoms with Crippen molar-refractivity contribution < 1.29 is 19.0 Å². The zero-order chi connectivity index (χ0) is 29.4. The van der Waals surface area contributed by atoms with E-state index in [-0.39, 0.29) is 12.0 Å². The van der Waals surface area contributed by atoms with Crippen LogP contribution in [-0.4, -0.2) is 48.3 Å². The van der Waals surface area contributed by atoms with Crippen LogP contribution in [-0.2, 0) is 16.1 Å². The van der Waals surface area contributed by atoms with Gasteiger partial charge in [-0.05, 0) is 49.7 Å². The van der Waals surface area contributed by atoms with Crippen molar-refractivity contribution in [3.05, 3.63) is 89.8 Å². The van der Waals surface area contributed by atoms with Gasteiger partial charge < -0.3 is 30.2 Å². The lowest BCUT2D eigenvalue weighted by Crippen LogP contribution is -2.24. The number of nitrogens with zero attached hydrogens (tertiary/aromatic N) is 3. The molecule has 2 aromatic heterocycles. The molecule has 10 nitrogen and oxygen atoms in total. The monoisotopic (exact) mass is 576 g/mol. The van der Waals surface area contributed by atoms with E-state index in [1.54, 1.807) is 24.4 Å². The van der Waals surface area contributed by atoms with Gasteiger partial charge in [0.15, 0.2) is 0 Å². The predicted molar refractivity (Wildman–Crippen MR) is 163 cm³/mol. The SMILES string of the molecule is N#Cc1cnc2c(NC(=O)C=C3CCNCC3)c(OC3CCOC3)ccc2c1Nc1ccc(OCc2ccccc2)nc1. The molecule has 0 radical (unpaired) electrons. The lowest BCUT2D eigenvalue weighted by Gasteiger charge is -2.19. The minimum atomic E-state index is -0.243. The van der Waals surface area contributed by atoms with E-state index in [1.165, 1.54) is 6.20 Å². The molecule has 3 N–H and O–H groups in total. The zero-order valence-corrected chi connectivity index (χ0v) is 23.6. The van der Waals surface area contributed by atoms with Crippen LogP contribution in [0.15, 0.2) is 78.6 Å². The molecule has 2 aromatic carbocycles. The average Bonchev–Trinajstić information content (AvgIpc) is 3.56. The van der Waals surface area contributed by atoms with Gasteiger partial charge >= 0.3 is 0 Å². The third kappa shape index (κ3) is 6.92. The number of nitrogens with one attached hydrogen (secondary N) is 3. The Morgan fingerprint density at radius 1 is 1.07 bits per heavy atom. The van der Waals surface area contributed by atoms with E-state index in [1.807, 2.05) is 42.5 Å². The number of pyridine rings is 2. The van der Waals surface area contributed by atoms with Gasteiger partial charge in [0, 0.05) is 30.1 Å². The first-order valence-electron chi connectivity index (χ1n) is 14.4. The van der Waals surface area contributed by atoms with Gasteiger partial charge in [0.1, 0.15) is 30.2 Å². The number of carbonyl (C=O) groups is 1. The minimum Gasteiger partial charge on any atom is -0.486 e. The van der Waals surface area contributed by atoms with Crippen molar-refractivity contribution in [1.82, 2.24) is 15.3 Å². The molecule has 1 unspecified atom stereocenters. The van der Waals surface area contributed by atoms with Crippen LogP contribution in [0.5, 0.6) is 11.6 Å². The Morgan fingerprint density at radius 2 is 1.93 bits per heavy atom. The molecule has 2 fully saturated rings. The van der Waals surface area contributed by atoms with Gasteiger partial charge in [0.05, 0.1) is 41.9 Å². The predicted octanol–water partition coefficient (Wildman–Crippen LogP) is 5.24. The van der Waals surface area contributed by atoms with Crippen molar-refractivity contribution in [2.45, 2.75) is 32.0 Å². The highest BCUT2D eigenvalue weighted by Gasteiger charge is 2.23. The molecule has 1 amide bonds. The molecule has 2 aliphatic rings. The lowest BCUT2D eigenvalue weighted by molar-refractivity contribution is -0.112. The number of rotatable bonds is 9. The Kier molecular flexibility index (Phi) is 8.73. The first-order chi connectivity index (χ1) is 21.2. The van der Waals surface area contributed by atoms with Crippen molar-refractivity contribution in [3.8, 4) is 17.7 Å². The van der Waals surface area contributed by atoms with E-state index < -0.39 is 0 Å².